The Morgan fingerprint density at radius 2 is 1.95 bits per heavy atom. The van der Waals surface area contributed by atoms with Gasteiger partial charge in [-0.05, 0) is 0 Å². The molecular formula is C14H10N4O4. The van der Waals surface area contributed by atoms with E-state index < -0.39 is 17.2 Å². The first kappa shape index (κ1) is 13.6. The lowest BCUT2D eigenvalue weighted by atomic mass is 10.2. The fourth-order valence-corrected chi connectivity index (χ4v) is 1.79. The second kappa shape index (κ2) is 5.52. The van der Waals surface area contributed by atoms with E-state index >= 15 is 0 Å². The number of benzene rings is 1. The first-order valence-electron chi connectivity index (χ1n) is 6.28. The fourth-order valence-electron chi connectivity index (χ4n) is 1.79. The zero-order chi connectivity index (χ0) is 15.5. The number of anilines is 1. The van der Waals surface area contributed by atoms with E-state index in [0.717, 1.165) is 11.8 Å². The number of H-pyrrole nitrogens is 2. The number of nitrogens with zero attached hydrogens (tertiary/aromatic N) is 1. The van der Waals surface area contributed by atoms with Crippen LogP contribution in [0.2, 0.25) is 0 Å². The highest BCUT2D eigenvalue weighted by molar-refractivity contribution is 6.00. The van der Waals surface area contributed by atoms with Gasteiger partial charge in [0.15, 0.2) is 5.76 Å². The Morgan fingerprint density at radius 1 is 1.18 bits per heavy atom. The van der Waals surface area contributed by atoms with Gasteiger partial charge in [-0.15, -0.1) is 0 Å². The quantitative estimate of drug-likeness (QED) is 0.665. The maximum Gasteiger partial charge on any atom is 0.325 e. The third-order valence-corrected chi connectivity index (χ3v) is 2.83. The van der Waals surface area contributed by atoms with Crippen molar-refractivity contribution in [3.8, 4) is 11.3 Å². The summed E-state index contributed by atoms with van der Waals surface area (Å²) in [4.78, 5) is 42.5. The van der Waals surface area contributed by atoms with E-state index in [4.69, 9.17) is 4.42 Å². The predicted molar refractivity (Wildman–Crippen MR) is 77.6 cm³/mol. The number of hydrogen-bond donors (Lipinski definition) is 3. The summed E-state index contributed by atoms with van der Waals surface area (Å²) in [6.45, 7) is 0. The molecule has 2 aromatic heterocycles. The number of carbonyl (C=O) groups is 1. The minimum absolute atomic E-state index is 0.107. The number of oxazole rings is 1. The van der Waals surface area contributed by atoms with Crippen LogP contribution >= 0.6 is 0 Å². The molecule has 0 aliphatic rings. The largest absolute Gasteiger partial charge is 0.432 e. The van der Waals surface area contributed by atoms with Gasteiger partial charge in [0.1, 0.15) is 5.69 Å². The van der Waals surface area contributed by atoms with E-state index in [-0.39, 0.29) is 11.6 Å². The molecule has 3 aromatic rings. The number of amides is 1. The molecule has 0 spiro atoms. The average Bonchev–Trinajstić information content (AvgIpc) is 3.01. The van der Waals surface area contributed by atoms with E-state index in [1.54, 1.807) is 0 Å². The van der Waals surface area contributed by atoms with Gasteiger partial charge in [-0.25, -0.2) is 9.78 Å². The van der Waals surface area contributed by atoms with Gasteiger partial charge in [-0.3, -0.25) is 14.6 Å². The van der Waals surface area contributed by atoms with Crippen LogP contribution in [0.25, 0.3) is 11.3 Å². The molecule has 110 valence electrons. The van der Waals surface area contributed by atoms with E-state index in [0.29, 0.717) is 5.76 Å². The molecule has 0 saturated carbocycles. The normalized spacial score (nSPS) is 10.4. The summed E-state index contributed by atoms with van der Waals surface area (Å²) in [5, 5.41) is 2.31. The molecule has 0 fully saturated rings. The smallest absolute Gasteiger partial charge is 0.325 e. The number of carbonyl (C=O) groups excluding carboxylic acids is 1. The van der Waals surface area contributed by atoms with Crippen molar-refractivity contribution in [2.24, 2.45) is 0 Å². The molecule has 0 bridgehead atoms. The maximum atomic E-state index is 12.0. The van der Waals surface area contributed by atoms with Crippen LogP contribution in [0.5, 0.6) is 0 Å². The van der Waals surface area contributed by atoms with Gasteiger partial charge in [-0.1, -0.05) is 30.3 Å². The summed E-state index contributed by atoms with van der Waals surface area (Å²) < 4.78 is 5.36. The number of aromatic amines is 2. The van der Waals surface area contributed by atoms with Crippen LogP contribution in [0.4, 0.5) is 5.69 Å². The van der Waals surface area contributed by atoms with Crippen molar-refractivity contribution >= 4 is 11.6 Å². The van der Waals surface area contributed by atoms with Gasteiger partial charge < -0.3 is 14.7 Å². The van der Waals surface area contributed by atoms with Crippen LogP contribution in [0, 0.1) is 0 Å². The summed E-state index contributed by atoms with van der Waals surface area (Å²) >= 11 is 0. The summed E-state index contributed by atoms with van der Waals surface area (Å²) in [5.41, 5.74) is -0.711. The molecule has 0 aliphatic heterocycles. The van der Waals surface area contributed by atoms with Crippen LogP contribution in [0.3, 0.4) is 0 Å². The number of nitrogens with one attached hydrogen (secondary N) is 3. The Hall–Kier alpha value is -3.42. The Morgan fingerprint density at radius 3 is 2.68 bits per heavy atom. The highest BCUT2D eigenvalue weighted by Crippen LogP contribution is 2.19. The average molecular weight is 298 g/mol. The van der Waals surface area contributed by atoms with Crippen molar-refractivity contribution in [1.82, 2.24) is 15.0 Å². The van der Waals surface area contributed by atoms with E-state index in [1.807, 2.05) is 35.3 Å². The van der Waals surface area contributed by atoms with Crippen LogP contribution in [0.1, 0.15) is 10.7 Å². The first-order valence-corrected chi connectivity index (χ1v) is 6.28. The standard InChI is InChI=1S/C14H10N4O4/c19-11-9(6-16-14(21)18-11)17-12(20)13-15-7-10(22-13)8-4-2-1-3-5-8/h1-7H,(H,17,20)(H2,16,18,19,21). The Balaban J connectivity index is 1.83. The molecule has 0 unspecified atom stereocenters. The zero-order valence-corrected chi connectivity index (χ0v) is 11.1. The molecule has 0 aliphatic carbocycles. The lowest BCUT2D eigenvalue weighted by Crippen LogP contribution is -2.26. The highest BCUT2D eigenvalue weighted by atomic mass is 16.4. The molecule has 0 radical (unpaired) electrons. The third-order valence-electron chi connectivity index (χ3n) is 2.83. The van der Waals surface area contributed by atoms with Crippen molar-refractivity contribution in [3.63, 3.8) is 0 Å². The van der Waals surface area contributed by atoms with E-state index in [9.17, 15) is 14.4 Å². The van der Waals surface area contributed by atoms with E-state index in [1.165, 1.54) is 6.20 Å². The monoisotopic (exact) mass is 298 g/mol. The molecular weight excluding hydrogens is 288 g/mol. The van der Waals surface area contributed by atoms with Gasteiger partial charge in [0.25, 0.3) is 11.4 Å². The SMILES string of the molecule is O=C(Nc1c[nH]c(=O)[nH]c1=O)c1ncc(-c2ccccc2)o1. The maximum absolute atomic E-state index is 12.0. The Bertz CT molecular complexity index is 924. The van der Waals surface area contributed by atoms with Crippen molar-refractivity contribution in [2.45, 2.75) is 0 Å². The summed E-state index contributed by atoms with van der Waals surface area (Å²) in [6.07, 6.45) is 2.52. The lowest BCUT2D eigenvalue weighted by Gasteiger charge is -2.00. The Labute approximate surface area is 122 Å². The molecule has 22 heavy (non-hydrogen) atoms. The van der Waals surface area contributed by atoms with Gasteiger partial charge in [-0.2, -0.15) is 0 Å². The molecule has 1 aromatic carbocycles. The summed E-state index contributed by atoms with van der Waals surface area (Å²) in [6, 6.07) is 9.15. The van der Waals surface area contributed by atoms with Crippen LogP contribution in [0.15, 0.2) is 56.7 Å². The summed E-state index contributed by atoms with van der Waals surface area (Å²) in [5.74, 6) is -0.453. The minimum atomic E-state index is -0.716. The second-order valence-corrected chi connectivity index (χ2v) is 4.34. The molecule has 8 heteroatoms. The van der Waals surface area contributed by atoms with Crippen LogP contribution in [-0.2, 0) is 0 Å². The van der Waals surface area contributed by atoms with Gasteiger partial charge in [0, 0.05) is 11.8 Å². The first-order chi connectivity index (χ1) is 10.6. The van der Waals surface area contributed by atoms with Gasteiger partial charge >= 0.3 is 11.6 Å². The predicted octanol–water partition coefficient (Wildman–Crippen LogP) is 0.971. The lowest BCUT2D eigenvalue weighted by molar-refractivity contribution is 0.0991. The molecule has 8 nitrogen and oxygen atoms in total. The number of aromatic nitrogens is 3. The molecule has 0 atom stereocenters. The highest BCUT2D eigenvalue weighted by Gasteiger charge is 2.15. The van der Waals surface area contributed by atoms with Crippen LogP contribution in [-0.4, -0.2) is 20.9 Å². The molecule has 0 saturated heterocycles. The second-order valence-electron chi connectivity index (χ2n) is 4.34. The van der Waals surface area contributed by atoms with Crippen molar-refractivity contribution in [2.75, 3.05) is 5.32 Å². The fraction of sp³-hybridized carbons (Fsp3) is 0. The molecule has 3 N–H and O–H groups in total. The van der Waals surface area contributed by atoms with Crippen molar-refractivity contribution < 1.29 is 9.21 Å². The summed E-state index contributed by atoms with van der Waals surface area (Å²) in [7, 11) is 0. The minimum Gasteiger partial charge on any atom is -0.432 e. The zero-order valence-electron chi connectivity index (χ0n) is 11.1. The topological polar surface area (TPSA) is 121 Å². The van der Waals surface area contributed by atoms with Gasteiger partial charge in [0.05, 0.1) is 6.20 Å². The van der Waals surface area contributed by atoms with Crippen LogP contribution < -0.4 is 16.6 Å². The van der Waals surface area contributed by atoms with Gasteiger partial charge in [0.2, 0.25) is 0 Å². The third kappa shape index (κ3) is 2.70. The molecule has 1 amide bonds. The molecule has 3 rings (SSSR count). The van der Waals surface area contributed by atoms with E-state index in [2.05, 4.69) is 15.3 Å². The molecule has 2 heterocycles. The van der Waals surface area contributed by atoms with Crippen molar-refractivity contribution in [1.29, 1.82) is 0 Å². The number of rotatable bonds is 3. The number of hydrogen-bond acceptors (Lipinski definition) is 5. The Kier molecular flexibility index (Phi) is 3.40. The van der Waals surface area contributed by atoms with Crippen molar-refractivity contribution in [3.05, 3.63) is 69.5 Å².